The van der Waals surface area contributed by atoms with Gasteiger partial charge in [-0.15, -0.1) is 0 Å². The molecule has 92 valence electrons. The summed E-state index contributed by atoms with van der Waals surface area (Å²) in [7, 11) is 0. The lowest BCUT2D eigenvalue weighted by molar-refractivity contribution is -0.120. The van der Waals surface area contributed by atoms with E-state index in [1.165, 1.54) is 0 Å². The SMILES string of the molecule is Cc1cncc(NC(=O)C2CCCC(N)C2)c1. The minimum Gasteiger partial charge on any atom is -0.328 e. The third kappa shape index (κ3) is 3.27. The predicted molar refractivity (Wildman–Crippen MR) is 67.5 cm³/mol. The van der Waals surface area contributed by atoms with E-state index in [9.17, 15) is 4.79 Å². The number of amides is 1. The molecular weight excluding hydrogens is 214 g/mol. The zero-order valence-electron chi connectivity index (χ0n) is 10.1. The molecule has 1 saturated carbocycles. The molecule has 0 radical (unpaired) electrons. The lowest BCUT2D eigenvalue weighted by Crippen LogP contribution is -2.34. The van der Waals surface area contributed by atoms with Crippen LogP contribution in [0.1, 0.15) is 31.2 Å². The Balaban J connectivity index is 1.96. The first kappa shape index (κ1) is 12.0. The van der Waals surface area contributed by atoms with Gasteiger partial charge in [-0.05, 0) is 37.8 Å². The molecule has 0 bridgehead atoms. The lowest BCUT2D eigenvalue weighted by Gasteiger charge is -2.25. The Labute approximate surface area is 102 Å². The minimum atomic E-state index is 0.0549. The van der Waals surface area contributed by atoms with Gasteiger partial charge in [0.2, 0.25) is 5.91 Å². The molecule has 2 rings (SSSR count). The average Bonchev–Trinajstić information content (AvgIpc) is 2.29. The molecule has 1 amide bonds. The normalized spacial score (nSPS) is 24.4. The maximum absolute atomic E-state index is 12.0. The van der Waals surface area contributed by atoms with Crippen LogP contribution in [0, 0.1) is 12.8 Å². The van der Waals surface area contributed by atoms with E-state index >= 15 is 0 Å². The van der Waals surface area contributed by atoms with Gasteiger partial charge in [0, 0.05) is 18.2 Å². The van der Waals surface area contributed by atoms with Crippen molar-refractivity contribution in [2.24, 2.45) is 11.7 Å². The van der Waals surface area contributed by atoms with Crippen LogP contribution >= 0.6 is 0 Å². The summed E-state index contributed by atoms with van der Waals surface area (Å²) < 4.78 is 0. The van der Waals surface area contributed by atoms with E-state index in [-0.39, 0.29) is 17.9 Å². The van der Waals surface area contributed by atoms with Crippen LogP contribution in [-0.4, -0.2) is 16.9 Å². The molecule has 1 fully saturated rings. The molecule has 1 aliphatic rings. The highest BCUT2D eigenvalue weighted by atomic mass is 16.1. The highest BCUT2D eigenvalue weighted by Gasteiger charge is 2.25. The van der Waals surface area contributed by atoms with Gasteiger partial charge in [-0.2, -0.15) is 0 Å². The Morgan fingerprint density at radius 2 is 2.29 bits per heavy atom. The number of nitrogens with one attached hydrogen (secondary N) is 1. The lowest BCUT2D eigenvalue weighted by atomic mass is 9.85. The van der Waals surface area contributed by atoms with Gasteiger partial charge in [-0.25, -0.2) is 0 Å². The minimum absolute atomic E-state index is 0.0549. The topological polar surface area (TPSA) is 68.0 Å². The maximum atomic E-state index is 12.0. The van der Waals surface area contributed by atoms with Gasteiger partial charge in [0.1, 0.15) is 0 Å². The number of nitrogens with zero attached hydrogens (tertiary/aromatic N) is 1. The van der Waals surface area contributed by atoms with Crippen LogP contribution in [0.4, 0.5) is 5.69 Å². The first-order valence-electron chi connectivity index (χ1n) is 6.13. The van der Waals surface area contributed by atoms with E-state index in [4.69, 9.17) is 5.73 Å². The van der Waals surface area contributed by atoms with Gasteiger partial charge in [0.25, 0.3) is 0 Å². The van der Waals surface area contributed by atoms with Crippen molar-refractivity contribution >= 4 is 11.6 Å². The van der Waals surface area contributed by atoms with Gasteiger partial charge in [0.05, 0.1) is 11.9 Å². The molecule has 0 saturated heterocycles. The fraction of sp³-hybridized carbons (Fsp3) is 0.538. The van der Waals surface area contributed by atoms with E-state index in [2.05, 4.69) is 10.3 Å². The smallest absolute Gasteiger partial charge is 0.227 e. The monoisotopic (exact) mass is 233 g/mol. The highest BCUT2D eigenvalue weighted by molar-refractivity contribution is 5.92. The van der Waals surface area contributed by atoms with Crippen molar-refractivity contribution < 1.29 is 4.79 Å². The summed E-state index contributed by atoms with van der Waals surface area (Å²) in [5.41, 5.74) is 7.71. The number of rotatable bonds is 2. The van der Waals surface area contributed by atoms with Gasteiger partial charge in [-0.1, -0.05) is 6.42 Å². The molecule has 0 aliphatic heterocycles. The number of nitrogens with two attached hydrogens (primary N) is 1. The molecule has 1 heterocycles. The fourth-order valence-corrected chi connectivity index (χ4v) is 2.33. The average molecular weight is 233 g/mol. The van der Waals surface area contributed by atoms with Crippen LogP contribution in [0.3, 0.4) is 0 Å². The first-order valence-corrected chi connectivity index (χ1v) is 6.13. The van der Waals surface area contributed by atoms with Gasteiger partial charge >= 0.3 is 0 Å². The molecule has 4 heteroatoms. The summed E-state index contributed by atoms with van der Waals surface area (Å²) in [5.74, 6) is 0.131. The molecule has 0 spiro atoms. The van der Waals surface area contributed by atoms with Crippen molar-refractivity contribution in [2.45, 2.75) is 38.6 Å². The fourth-order valence-electron chi connectivity index (χ4n) is 2.33. The summed E-state index contributed by atoms with van der Waals surface area (Å²) in [6.07, 6.45) is 7.27. The number of carbonyl (C=O) groups excluding carboxylic acids is 1. The van der Waals surface area contributed by atoms with Gasteiger partial charge in [0.15, 0.2) is 0 Å². The Morgan fingerprint density at radius 3 is 3.00 bits per heavy atom. The van der Waals surface area contributed by atoms with Crippen molar-refractivity contribution in [3.8, 4) is 0 Å². The van der Waals surface area contributed by atoms with Crippen molar-refractivity contribution in [1.29, 1.82) is 0 Å². The highest BCUT2D eigenvalue weighted by Crippen LogP contribution is 2.24. The largest absolute Gasteiger partial charge is 0.328 e. The van der Waals surface area contributed by atoms with Crippen molar-refractivity contribution in [3.63, 3.8) is 0 Å². The number of carbonyl (C=O) groups is 1. The summed E-state index contributed by atoms with van der Waals surface area (Å²) in [6.45, 7) is 1.96. The number of hydrogen-bond acceptors (Lipinski definition) is 3. The van der Waals surface area contributed by atoms with Crippen LogP contribution in [0.5, 0.6) is 0 Å². The number of aromatic nitrogens is 1. The van der Waals surface area contributed by atoms with Crippen LogP contribution < -0.4 is 11.1 Å². The van der Waals surface area contributed by atoms with Crippen LogP contribution in [-0.2, 0) is 4.79 Å². The molecule has 1 aromatic rings. The molecule has 2 atom stereocenters. The van der Waals surface area contributed by atoms with Crippen molar-refractivity contribution in [3.05, 3.63) is 24.0 Å². The number of anilines is 1. The Hall–Kier alpha value is -1.42. The van der Waals surface area contributed by atoms with E-state index in [1.54, 1.807) is 12.4 Å². The number of hydrogen-bond donors (Lipinski definition) is 2. The summed E-state index contributed by atoms with van der Waals surface area (Å²) >= 11 is 0. The third-order valence-corrected chi connectivity index (χ3v) is 3.23. The van der Waals surface area contributed by atoms with Gasteiger partial charge < -0.3 is 11.1 Å². The molecule has 17 heavy (non-hydrogen) atoms. The zero-order valence-corrected chi connectivity index (χ0v) is 10.1. The van der Waals surface area contributed by atoms with Crippen LogP contribution in [0.15, 0.2) is 18.5 Å². The molecule has 2 unspecified atom stereocenters. The van der Waals surface area contributed by atoms with Crippen LogP contribution in [0.2, 0.25) is 0 Å². The third-order valence-electron chi connectivity index (χ3n) is 3.23. The summed E-state index contributed by atoms with van der Waals surface area (Å²) in [4.78, 5) is 16.1. The Bertz CT molecular complexity index is 405. The quantitative estimate of drug-likeness (QED) is 0.819. The molecule has 1 aliphatic carbocycles. The molecule has 3 N–H and O–H groups in total. The van der Waals surface area contributed by atoms with E-state index in [0.717, 1.165) is 36.9 Å². The van der Waals surface area contributed by atoms with E-state index in [0.29, 0.717) is 0 Å². The van der Waals surface area contributed by atoms with Crippen LogP contribution in [0.25, 0.3) is 0 Å². The Morgan fingerprint density at radius 1 is 1.47 bits per heavy atom. The standard InChI is InChI=1S/C13H19N3O/c1-9-5-12(8-15-7-9)16-13(17)10-3-2-4-11(14)6-10/h5,7-8,10-11H,2-4,6,14H2,1H3,(H,16,17). The second-order valence-corrected chi connectivity index (χ2v) is 4.86. The Kier molecular flexibility index (Phi) is 3.74. The number of aryl methyl sites for hydroxylation is 1. The van der Waals surface area contributed by atoms with E-state index in [1.807, 2.05) is 13.0 Å². The molecule has 0 aromatic carbocycles. The molecule has 4 nitrogen and oxygen atoms in total. The summed E-state index contributed by atoms with van der Waals surface area (Å²) in [5, 5.41) is 2.92. The molecular formula is C13H19N3O. The van der Waals surface area contributed by atoms with E-state index < -0.39 is 0 Å². The second-order valence-electron chi connectivity index (χ2n) is 4.86. The van der Waals surface area contributed by atoms with Crippen molar-refractivity contribution in [1.82, 2.24) is 4.98 Å². The zero-order chi connectivity index (χ0) is 12.3. The van der Waals surface area contributed by atoms with Crippen molar-refractivity contribution in [2.75, 3.05) is 5.32 Å². The molecule has 1 aromatic heterocycles. The second kappa shape index (κ2) is 5.27. The maximum Gasteiger partial charge on any atom is 0.227 e. The number of pyridine rings is 1. The summed E-state index contributed by atoms with van der Waals surface area (Å²) in [6, 6.07) is 2.10. The first-order chi connectivity index (χ1) is 8.15. The predicted octanol–water partition coefficient (Wildman–Crippen LogP) is 1.85. The van der Waals surface area contributed by atoms with Gasteiger partial charge in [-0.3, -0.25) is 9.78 Å².